The van der Waals surface area contributed by atoms with Crippen LogP contribution in [0.2, 0.25) is 15.1 Å². The zero-order valence-corrected chi connectivity index (χ0v) is 28.2. The van der Waals surface area contributed by atoms with E-state index in [2.05, 4.69) is 5.32 Å². The standard InChI is InChI=1S/C34H34Cl3N3O4S/c1-23(2)38-34(42)32(19-25-10-6-4-7-11-25)39(21-26-14-15-28(36)20-30(26)37)33(41)22-40(31-17-16-27(35)18-24(31)3)45(43,44)29-12-8-5-9-13-29/h4-18,20,23,32H,19,21-22H2,1-3H3,(H,38,42). The third kappa shape index (κ3) is 8.79. The first-order chi connectivity index (χ1) is 21.4. The molecule has 0 saturated heterocycles. The summed E-state index contributed by atoms with van der Waals surface area (Å²) < 4.78 is 29.3. The molecule has 1 unspecified atom stereocenters. The third-order valence-electron chi connectivity index (χ3n) is 7.10. The normalized spacial score (nSPS) is 12.1. The summed E-state index contributed by atoms with van der Waals surface area (Å²) in [6, 6.07) is 25.7. The molecule has 7 nitrogen and oxygen atoms in total. The molecule has 2 amide bonds. The monoisotopic (exact) mass is 685 g/mol. The van der Waals surface area contributed by atoms with Crippen LogP contribution < -0.4 is 9.62 Å². The molecule has 0 radical (unpaired) electrons. The van der Waals surface area contributed by atoms with E-state index in [0.717, 1.165) is 9.87 Å². The highest BCUT2D eigenvalue weighted by molar-refractivity contribution is 7.92. The van der Waals surface area contributed by atoms with Crippen LogP contribution in [0.1, 0.15) is 30.5 Å². The number of halogens is 3. The van der Waals surface area contributed by atoms with Gasteiger partial charge >= 0.3 is 0 Å². The fourth-order valence-electron chi connectivity index (χ4n) is 4.90. The number of carbonyl (C=O) groups is 2. The Kier molecular flexibility index (Phi) is 11.6. The van der Waals surface area contributed by atoms with E-state index < -0.39 is 28.5 Å². The fraction of sp³-hybridized carbons (Fsp3) is 0.235. The quantitative estimate of drug-likeness (QED) is 0.169. The predicted molar refractivity (Wildman–Crippen MR) is 181 cm³/mol. The number of hydrogen-bond acceptors (Lipinski definition) is 4. The van der Waals surface area contributed by atoms with E-state index in [1.54, 1.807) is 61.5 Å². The number of hydrogen-bond donors (Lipinski definition) is 1. The number of anilines is 1. The molecule has 1 atom stereocenters. The first-order valence-electron chi connectivity index (χ1n) is 14.3. The summed E-state index contributed by atoms with van der Waals surface area (Å²) in [5, 5.41) is 4.08. The minimum atomic E-state index is -4.23. The maximum absolute atomic E-state index is 14.5. The predicted octanol–water partition coefficient (Wildman–Crippen LogP) is 7.32. The molecule has 11 heteroatoms. The van der Waals surface area contributed by atoms with Gasteiger partial charge in [0, 0.05) is 34.1 Å². The van der Waals surface area contributed by atoms with Crippen molar-refractivity contribution in [2.75, 3.05) is 10.8 Å². The molecular formula is C34H34Cl3N3O4S. The van der Waals surface area contributed by atoms with Crippen molar-refractivity contribution in [3.8, 4) is 0 Å². The van der Waals surface area contributed by atoms with E-state index in [9.17, 15) is 18.0 Å². The van der Waals surface area contributed by atoms with Crippen molar-refractivity contribution in [2.45, 2.75) is 50.7 Å². The van der Waals surface area contributed by atoms with Gasteiger partial charge in [0.05, 0.1) is 10.6 Å². The number of amides is 2. The van der Waals surface area contributed by atoms with Gasteiger partial charge in [0.1, 0.15) is 12.6 Å². The fourth-order valence-corrected chi connectivity index (χ4v) is 7.09. The summed E-state index contributed by atoms with van der Waals surface area (Å²) in [5.41, 5.74) is 2.21. The molecule has 0 saturated carbocycles. The van der Waals surface area contributed by atoms with Crippen LogP contribution >= 0.6 is 34.8 Å². The summed E-state index contributed by atoms with van der Waals surface area (Å²) in [5.74, 6) is -0.984. The molecule has 0 aromatic heterocycles. The van der Waals surface area contributed by atoms with E-state index in [1.165, 1.54) is 17.0 Å². The zero-order valence-electron chi connectivity index (χ0n) is 25.1. The van der Waals surface area contributed by atoms with Gasteiger partial charge in [-0.2, -0.15) is 0 Å². The molecule has 4 aromatic rings. The van der Waals surface area contributed by atoms with Gasteiger partial charge in [-0.1, -0.05) is 89.4 Å². The summed E-state index contributed by atoms with van der Waals surface area (Å²) in [4.78, 5) is 29.7. The highest BCUT2D eigenvalue weighted by atomic mass is 35.5. The van der Waals surface area contributed by atoms with Gasteiger partial charge < -0.3 is 10.2 Å². The van der Waals surface area contributed by atoms with Crippen LogP contribution in [-0.4, -0.2) is 43.8 Å². The Labute approximate surface area is 279 Å². The minimum absolute atomic E-state index is 0.0119. The van der Waals surface area contributed by atoms with Gasteiger partial charge in [-0.05, 0) is 79.9 Å². The van der Waals surface area contributed by atoms with Crippen molar-refractivity contribution in [3.05, 3.63) is 129 Å². The molecule has 0 aliphatic rings. The summed E-state index contributed by atoms with van der Waals surface area (Å²) in [6.07, 6.45) is 0.182. The molecule has 236 valence electrons. The van der Waals surface area contributed by atoms with Crippen LogP contribution in [-0.2, 0) is 32.6 Å². The minimum Gasteiger partial charge on any atom is -0.352 e. The number of aryl methyl sites for hydroxylation is 1. The van der Waals surface area contributed by atoms with Crippen molar-refractivity contribution in [1.29, 1.82) is 0 Å². The third-order valence-corrected chi connectivity index (χ3v) is 9.69. The molecule has 0 heterocycles. The lowest BCUT2D eigenvalue weighted by Gasteiger charge is -2.34. The Balaban J connectivity index is 1.84. The van der Waals surface area contributed by atoms with Gasteiger partial charge in [-0.3, -0.25) is 13.9 Å². The van der Waals surface area contributed by atoms with Crippen LogP contribution in [0.25, 0.3) is 0 Å². The summed E-state index contributed by atoms with van der Waals surface area (Å²) >= 11 is 18.9. The van der Waals surface area contributed by atoms with Crippen molar-refractivity contribution in [2.24, 2.45) is 0 Å². The van der Waals surface area contributed by atoms with Crippen LogP contribution in [0.4, 0.5) is 5.69 Å². The molecule has 0 bridgehead atoms. The Morgan fingerprint density at radius 1 is 0.822 bits per heavy atom. The van der Waals surface area contributed by atoms with Gasteiger partial charge in [-0.25, -0.2) is 8.42 Å². The average Bonchev–Trinajstić information content (AvgIpc) is 2.99. The lowest BCUT2D eigenvalue weighted by atomic mass is 10.0. The van der Waals surface area contributed by atoms with Crippen molar-refractivity contribution < 1.29 is 18.0 Å². The van der Waals surface area contributed by atoms with E-state index in [-0.39, 0.29) is 35.5 Å². The Hall–Kier alpha value is -3.56. The topological polar surface area (TPSA) is 86.8 Å². The second-order valence-corrected chi connectivity index (χ2v) is 14.0. The van der Waals surface area contributed by atoms with Gasteiger partial charge in [0.15, 0.2) is 0 Å². The van der Waals surface area contributed by atoms with Crippen molar-refractivity contribution in [1.82, 2.24) is 10.2 Å². The molecule has 45 heavy (non-hydrogen) atoms. The number of benzene rings is 4. The summed E-state index contributed by atoms with van der Waals surface area (Å²) in [6.45, 7) is 4.72. The highest BCUT2D eigenvalue weighted by Crippen LogP contribution is 2.30. The first-order valence-corrected chi connectivity index (χ1v) is 16.9. The van der Waals surface area contributed by atoms with E-state index in [1.807, 2.05) is 44.2 Å². The largest absolute Gasteiger partial charge is 0.352 e. The Bertz CT molecular complexity index is 1750. The Morgan fingerprint density at radius 2 is 1.42 bits per heavy atom. The van der Waals surface area contributed by atoms with Gasteiger partial charge in [0.2, 0.25) is 11.8 Å². The number of nitrogens with one attached hydrogen (secondary N) is 1. The summed E-state index contributed by atoms with van der Waals surface area (Å²) in [7, 11) is -4.23. The maximum Gasteiger partial charge on any atom is 0.264 e. The first kappa shape index (κ1) is 34.3. The van der Waals surface area contributed by atoms with E-state index in [4.69, 9.17) is 34.8 Å². The van der Waals surface area contributed by atoms with Crippen LogP contribution in [0.5, 0.6) is 0 Å². The lowest BCUT2D eigenvalue weighted by Crippen LogP contribution is -2.54. The molecule has 4 aromatic carbocycles. The van der Waals surface area contributed by atoms with Gasteiger partial charge in [0.25, 0.3) is 10.0 Å². The molecule has 1 N–H and O–H groups in total. The van der Waals surface area contributed by atoms with Crippen LogP contribution in [0.15, 0.2) is 102 Å². The number of nitrogens with zero attached hydrogens (tertiary/aromatic N) is 2. The maximum atomic E-state index is 14.5. The van der Waals surface area contributed by atoms with E-state index >= 15 is 0 Å². The second kappa shape index (κ2) is 15.1. The average molecular weight is 687 g/mol. The Morgan fingerprint density at radius 3 is 2.02 bits per heavy atom. The van der Waals surface area contributed by atoms with Crippen molar-refractivity contribution >= 4 is 62.3 Å². The smallest absolute Gasteiger partial charge is 0.264 e. The number of rotatable bonds is 12. The van der Waals surface area contributed by atoms with Crippen molar-refractivity contribution in [3.63, 3.8) is 0 Å². The molecule has 0 aliphatic carbocycles. The number of carbonyl (C=O) groups excluding carboxylic acids is 2. The second-order valence-electron chi connectivity index (χ2n) is 10.9. The van der Waals surface area contributed by atoms with Gasteiger partial charge in [-0.15, -0.1) is 0 Å². The molecule has 0 fully saturated rings. The lowest BCUT2D eigenvalue weighted by molar-refractivity contribution is -0.140. The number of sulfonamides is 1. The van der Waals surface area contributed by atoms with Crippen LogP contribution in [0.3, 0.4) is 0 Å². The molecule has 4 rings (SSSR count). The zero-order chi connectivity index (χ0) is 32.7. The molecule has 0 aliphatic heterocycles. The SMILES string of the molecule is Cc1cc(Cl)ccc1N(CC(=O)N(Cc1ccc(Cl)cc1Cl)C(Cc1ccccc1)C(=O)NC(C)C)S(=O)(=O)c1ccccc1. The highest BCUT2D eigenvalue weighted by Gasteiger charge is 2.35. The molecular weight excluding hydrogens is 653 g/mol. The van der Waals surface area contributed by atoms with E-state index in [0.29, 0.717) is 26.2 Å². The molecule has 0 spiro atoms. The van der Waals surface area contributed by atoms with Crippen LogP contribution in [0, 0.1) is 6.92 Å².